The lowest BCUT2D eigenvalue weighted by Crippen LogP contribution is -2.22. The number of guanidine groups is 1. The molecule has 6 heteroatoms. The lowest BCUT2D eigenvalue weighted by Gasteiger charge is -2.07. The van der Waals surface area contributed by atoms with Gasteiger partial charge in [0.15, 0.2) is 5.96 Å². The molecule has 1 heterocycles. The minimum Gasteiger partial charge on any atom is -0.370 e. The Balaban J connectivity index is 0.00000176. The SMILES string of the molecule is Cc1nc(C)c(CN=C(N)Nc2ccc3c(c2)CCC3)s1.I. The van der Waals surface area contributed by atoms with E-state index in [0.717, 1.165) is 16.4 Å². The van der Waals surface area contributed by atoms with Crippen molar-refractivity contribution in [2.75, 3.05) is 5.32 Å². The van der Waals surface area contributed by atoms with Gasteiger partial charge in [0, 0.05) is 10.6 Å². The number of benzene rings is 1. The first-order chi connectivity index (χ1) is 10.1. The lowest BCUT2D eigenvalue weighted by molar-refractivity contribution is 0.912. The molecule has 22 heavy (non-hydrogen) atoms. The lowest BCUT2D eigenvalue weighted by atomic mass is 10.1. The zero-order chi connectivity index (χ0) is 14.8. The molecule has 0 spiro atoms. The molecule has 0 unspecified atom stereocenters. The van der Waals surface area contributed by atoms with Gasteiger partial charge in [-0.2, -0.15) is 0 Å². The van der Waals surface area contributed by atoms with Gasteiger partial charge in [-0.25, -0.2) is 9.98 Å². The number of aromatic nitrogens is 1. The van der Waals surface area contributed by atoms with Crippen molar-refractivity contribution >= 4 is 47.0 Å². The molecule has 3 rings (SSSR count). The van der Waals surface area contributed by atoms with Crippen molar-refractivity contribution < 1.29 is 0 Å². The zero-order valence-corrected chi connectivity index (χ0v) is 16.0. The molecule has 0 bridgehead atoms. The first kappa shape index (κ1) is 17.2. The Labute approximate surface area is 152 Å². The number of nitrogens with one attached hydrogen (secondary N) is 1. The van der Waals surface area contributed by atoms with Crippen molar-refractivity contribution in [3.63, 3.8) is 0 Å². The first-order valence-electron chi connectivity index (χ1n) is 7.23. The second-order valence-electron chi connectivity index (χ2n) is 5.40. The maximum absolute atomic E-state index is 5.98. The van der Waals surface area contributed by atoms with Crippen LogP contribution in [-0.2, 0) is 19.4 Å². The number of halogens is 1. The molecule has 1 aromatic carbocycles. The van der Waals surface area contributed by atoms with E-state index in [1.54, 1.807) is 11.3 Å². The summed E-state index contributed by atoms with van der Waals surface area (Å²) >= 11 is 1.68. The predicted octanol–water partition coefficient (Wildman–Crippen LogP) is 3.79. The predicted molar refractivity (Wildman–Crippen MR) is 104 cm³/mol. The summed E-state index contributed by atoms with van der Waals surface area (Å²) in [7, 11) is 0. The Bertz CT molecular complexity index is 693. The number of rotatable bonds is 3. The third-order valence-corrected chi connectivity index (χ3v) is 4.82. The normalized spacial score (nSPS) is 13.6. The van der Waals surface area contributed by atoms with Crippen LogP contribution in [0.3, 0.4) is 0 Å². The van der Waals surface area contributed by atoms with Crippen molar-refractivity contribution in [1.82, 2.24) is 4.98 Å². The highest BCUT2D eigenvalue weighted by Crippen LogP contribution is 2.24. The number of fused-ring (bicyclic) bond motifs is 1. The number of hydrogen-bond acceptors (Lipinski definition) is 3. The van der Waals surface area contributed by atoms with Crippen molar-refractivity contribution in [2.24, 2.45) is 10.7 Å². The standard InChI is InChI=1S/C16H20N4S.HI/c1-10-15(21-11(2)19-10)9-18-16(17)20-14-7-6-12-4-3-5-13(12)8-14;/h6-8H,3-5,9H2,1-2H3,(H3,17,18,20);1H. The van der Waals surface area contributed by atoms with Gasteiger partial charge in [0.05, 0.1) is 17.2 Å². The van der Waals surface area contributed by atoms with Crippen molar-refractivity contribution in [1.29, 1.82) is 0 Å². The summed E-state index contributed by atoms with van der Waals surface area (Å²) in [6, 6.07) is 6.45. The quantitative estimate of drug-likeness (QED) is 0.444. The number of thiazole rings is 1. The zero-order valence-electron chi connectivity index (χ0n) is 12.8. The van der Waals surface area contributed by atoms with Gasteiger partial charge in [-0.05, 0) is 56.4 Å². The van der Waals surface area contributed by atoms with Crippen molar-refractivity contribution in [3.8, 4) is 0 Å². The minimum absolute atomic E-state index is 0. The van der Waals surface area contributed by atoms with Crippen LogP contribution in [0, 0.1) is 13.8 Å². The van der Waals surface area contributed by atoms with Crippen LogP contribution in [0.5, 0.6) is 0 Å². The Morgan fingerprint density at radius 3 is 2.82 bits per heavy atom. The van der Waals surface area contributed by atoms with Crippen LogP contribution in [0.15, 0.2) is 23.2 Å². The number of hydrogen-bond donors (Lipinski definition) is 2. The van der Waals surface area contributed by atoms with Gasteiger partial charge in [-0.15, -0.1) is 35.3 Å². The Hall–Kier alpha value is -1.15. The average molecular weight is 428 g/mol. The smallest absolute Gasteiger partial charge is 0.193 e. The van der Waals surface area contributed by atoms with Crippen LogP contribution < -0.4 is 11.1 Å². The molecule has 1 aliphatic rings. The van der Waals surface area contributed by atoms with E-state index in [-0.39, 0.29) is 24.0 Å². The second-order valence-corrected chi connectivity index (χ2v) is 6.69. The van der Waals surface area contributed by atoms with Crippen molar-refractivity contribution in [3.05, 3.63) is 44.9 Å². The Kier molecular flexibility index (Phi) is 5.80. The molecular weight excluding hydrogens is 407 g/mol. The number of nitrogens with zero attached hydrogens (tertiary/aromatic N) is 2. The van der Waals surface area contributed by atoms with Crippen LogP contribution in [0.2, 0.25) is 0 Å². The van der Waals surface area contributed by atoms with Gasteiger partial charge in [0.1, 0.15) is 0 Å². The molecule has 1 aliphatic carbocycles. The van der Waals surface area contributed by atoms with Gasteiger partial charge in [-0.3, -0.25) is 0 Å². The van der Waals surface area contributed by atoms with Crippen LogP contribution in [-0.4, -0.2) is 10.9 Å². The van der Waals surface area contributed by atoms with E-state index >= 15 is 0 Å². The number of aryl methyl sites for hydroxylation is 4. The number of anilines is 1. The van der Waals surface area contributed by atoms with E-state index in [2.05, 4.69) is 33.5 Å². The summed E-state index contributed by atoms with van der Waals surface area (Å²) < 4.78 is 0. The highest BCUT2D eigenvalue weighted by atomic mass is 127. The summed E-state index contributed by atoms with van der Waals surface area (Å²) in [5.41, 5.74) is 10.9. The molecule has 1 aromatic heterocycles. The van der Waals surface area contributed by atoms with E-state index in [1.165, 1.54) is 35.3 Å². The molecule has 0 saturated heterocycles. The maximum atomic E-state index is 5.98. The summed E-state index contributed by atoms with van der Waals surface area (Å²) in [6.07, 6.45) is 3.62. The van der Waals surface area contributed by atoms with Gasteiger partial charge >= 0.3 is 0 Å². The van der Waals surface area contributed by atoms with Crippen LogP contribution >= 0.6 is 35.3 Å². The average Bonchev–Trinajstić information content (AvgIpc) is 3.02. The van der Waals surface area contributed by atoms with E-state index < -0.39 is 0 Å². The Morgan fingerprint density at radius 1 is 1.32 bits per heavy atom. The molecule has 3 N–H and O–H groups in total. The molecule has 118 valence electrons. The third-order valence-electron chi connectivity index (χ3n) is 3.76. The molecule has 0 fully saturated rings. The fourth-order valence-electron chi connectivity index (χ4n) is 2.71. The van der Waals surface area contributed by atoms with Gasteiger partial charge in [0.2, 0.25) is 0 Å². The molecule has 0 saturated carbocycles. The topological polar surface area (TPSA) is 63.3 Å². The molecule has 0 amide bonds. The summed E-state index contributed by atoms with van der Waals surface area (Å²) in [5.74, 6) is 0.457. The fourth-order valence-corrected chi connectivity index (χ4v) is 3.58. The van der Waals surface area contributed by atoms with E-state index in [9.17, 15) is 0 Å². The second kappa shape index (κ2) is 7.41. The number of nitrogens with two attached hydrogens (primary N) is 1. The van der Waals surface area contributed by atoms with Gasteiger partial charge < -0.3 is 11.1 Å². The summed E-state index contributed by atoms with van der Waals surface area (Å²) in [6.45, 7) is 4.61. The first-order valence-corrected chi connectivity index (χ1v) is 8.05. The van der Waals surface area contributed by atoms with E-state index in [4.69, 9.17) is 5.73 Å². The molecule has 0 atom stereocenters. The van der Waals surface area contributed by atoms with Crippen LogP contribution in [0.4, 0.5) is 5.69 Å². The fraction of sp³-hybridized carbons (Fsp3) is 0.375. The highest BCUT2D eigenvalue weighted by Gasteiger charge is 2.11. The van der Waals surface area contributed by atoms with Crippen LogP contribution in [0.25, 0.3) is 0 Å². The molecule has 0 aliphatic heterocycles. The largest absolute Gasteiger partial charge is 0.370 e. The third kappa shape index (κ3) is 3.98. The minimum atomic E-state index is 0. The van der Waals surface area contributed by atoms with E-state index in [0.29, 0.717) is 12.5 Å². The Morgan fingerprint density at radius 2 is 2.09 bits per heavy atom. The number of aliphatic imine (C=N–C) groups is 1. The monoisotopic (exact) mass is 428 g/mol. The van der Waals surface area contributed by atoms with Gasteiger partial charge in [-0.1, -0.05) is 6.07 Å². The van der Waals surface area contributed by atoms with Gasteiger partial charge in [0.25, 0.3) is 0 Å². The summed E-state index contributed by atoms with van der Waals surface area (Å²) in [4.78, 5) is 9.98. The van der Waals surface area contributed by atoms with Crippen molar-refractivity contribution in [2.45, 2.75) is 39.7 Å². The van der Waals surface area contributed by atoms with E-state index in [1.807, 2.05) is 13.8 Å². The summed E-state index contributed by atoms with van der Waals surface area (Å²) in [5, 5.41) is 4.25. The molecule has 4 nitrogen and oxygen atoms in total. The maximum Gasteiger partial charge on any atom is 0.193 e. The molecular formula is C16H21IN4S. The molecule has 2 aromatic rings. The van der Waals surface area contributed by atoms with Crippen LogP contribution in [0.1, 0.15) is 33.1 Å². The highest BCUT2D eigenvalue weighted by molar-refractivity contribution is 14.0. The molecule has 0 radical (unpaired) electrons.